The summed E-state index contributed by atoms with van der Waals surface area (Å²) in [5.74, 6) is -0.436. The summed E-state index contributed by atoms with van der Waals surface area (Å²) in [5.41, 5.74) is 1.59. The summed E-state index contributed by atoms with van der Waals surface area (Å²) in [4.78, 5) is 29.8. The van der Waals surface area contributed by atoms with Crippen LogP contribution in [0.3, 0.4) is 0 Å². The lowest BCUT2D eigenvalue weighted by molar-refractivity contribution is -0.118. The van der Waals surface area contributed by atoms with Crippen LogP contribution >= 0.6 is 11.6 Å². The van der Waals surface area contributed by atoms with E-state index in [9.17, 15) is 18.0 Å². The molecule has 0 saturated heterocycles. The molecular formula is C19H20ClN3O4S. The van der Waals surface area contributed by atoms with Gasteiger partial charge < -0.3 is 10.2 Å². The molecule has 0 bridgehead atoms. The Labute approximate surface area is 168 Å². The van der Waals surface area contributed by atoms with Gasteiger partial charge in [-0.05, 0) is 42.3 Å². The number of carbonyl (C=O) groups is 2. The molecule has 2 aromatic rings. The van der Waals surface area contributed by atoms with Gasteiger partial charge in [0.05, 0.1) is 15.7 Å². The smallest absolute Gasteiger partial charge is 0.226 e. The Bertz CT molecular complexity index is 1010. The summed E-state index contributed by atoms with van der Waals surface area (Å²) in [5, 5.41) is 2.98. The summed E-state index contributed by atoms with van der Waals surface area (Å²) in [6.07, 6.45) is 2.22. The number of hydrogen-bond donors (Lipinski definition) is 1. The molecular weight excluding hydrogens is 402 g/mol. The molecule has 1 aromatic carbocycles. The predicted molar refractivity (Wildman–Crippen MR) is 107 cm³/mol. The fourth-order valence-electron chi connectivity index (χ4n) is 3.02. The number of halogens is 1. The summed E-state index contributed by atoms with van der Waals surface area (Å²) < 4.78 is 25.2. The minimum atomic E-state index is -3.63. The molecule has 0 saturated carbocycles. The third-order valence-electron chi connectivity index (χ3n) is 4.50. The van der Waals surface area contributed by atoms with E-state index in [4.69, 9.17) is 11.6 Å². The van der Waals surface area contributed by atoms with Gasteiger partial charge in [0.1, 0.15) is 5.82 Å². The molecule has 7 nitrogen and oxygen atoms in total. The van der Waals surface area contributed by atoms with Gasteiger partial charge in [0.2, 0.25) is 11.8 Å². The van der Waals surface area contributed by atoms with Crippen LogP contribution in [0.1, 0.15) is 25.3 Å². The van der Waals surface area contributed by atoms with Gasteiger partial charge in [-0.25, -0.2) is 13.4 Å². The Balaban J connectivity index is 1.65. The number of sulfone groups is 1. The van der Waals surface area contributed by atoms with Gasteiger partial charge in [0.25, 0.3) is 0 Å². The van der Waals surface area contributed by atoms with Crippen LogP contribution in [0.4, 0.5) is 11.5 Å². The van der Waals surface area contributed by atoms with Crippen molar-refractivity contribution in [3.8, 4) is 0 Å². The van der Waals surface area contributed by atoms with Gasteiger partial charge in [-0.3, -0.25) is 9.59 Å². The van der Waals surface area contributed by atoms with Crippen molar-refractivity contribution in [1.29, 1.82) is 0 Å². The van der Waals surface area contributed by atoms with E-state index in [0.717, 1.165) is 11.3 Å². The van der Waals surface area contributed by atoms with Crippen LogP contribution in [-0.2, 0) is 25.8 Å². The van der Waals surface area contributed by atoms with Crippen molar-refractivity contribution in [2.75, 3.05) is 22.5 Å². The Morgan fingerprint density at radius 3 is 2.71 bits per heavy atom. The zero-order chi connectivity index (χ0) is 20.3. The van der Waals surface area contributed by atoms with Crippen molar-refractivity contribution in [3.05, 3.63) is 47.1 Å². The van der Waals surface area contributed by atoms with E-state index in [1.54, 1.807) is 36.1 Å². The highest BCUT2D eigenvalue weighted by Crippen LogP contribution is 2.31. The Kier molecular flexibility index (Phi) is 6.00. The number of anilines is 2. The molecule has 0 aliphatic carbocycles. The molecule has 2 amide bonds. The zero-order valence-corrected chi connectivity index (χ0v) is 16.9. The van der Waals surface area contributed by atoms with Crippen LogP contribution in [0.25, 0.3) is 0 Å². The third-order valence-corrected chi connectivity index (χ3v) is 6.44. The summed E-state index contributed by atoms with van der Waals surface area (Å²) in [6, 6.07) is 7.89. The van der Waals surface area contributed by atoms with E-state index in [0.29, 0.717) is 30.2 Å². The molecule has 0 unspecified atom stereocenters. The van der Waals surface area contributed by atoms with Crippen LogP contribution in [0.2, 0.25) is 5.02 Å². The molecule has 0 fully saturated rings. The molecule has 0 atom stereocenters. The minimum Gasteiger partial charge on any atom is -0.312 e. The number of benzene rings is 1. The second kappa shape index (κ2) is 8.28. The van der Waals surface area contributed by atoms with Gasteiger partial charge in [0.15, 0.2) is 9.84 Å². The highest BCUT2D eigenvalue weighted by molar-refractivity contribution is 7.91. The van der Waals surface area contributed by atoms with Gasteiger partial charge in [-0.15, -0.1) is 0 Å². The van der Waals surface area contributed by atoms with Crippen molar-refractivity contribution in [2.45, 2.75) is 31.1 Å². The van der Waals surface area contributed by atoms with Crippen LogP contribution in [0, 0.1) is 0 Å². The zero-order valence-electron chi connectivity index (χ0n) is 15.3. The van der Waals surface area contributed by atoms with E-state index in [1.807, 2.05) is 0 Å². The molecule has 0 spiro atoms. The Morgan fingerprint density at radius 2 is 2.04 bits per heavy atom. The topological polar surface area (TPSA) is 96.4 Å². The maximum Gasteiger partial charge on any atom is 0.226 e. The fourth-order valence-corrected chi connectivity index (χ4v) is 4.42. The van der Waals surface area contributed by atoms with Crippen LogP contribution in [-0.4, -0.2) is 37.5 Å². The van der Waals surface area contributed by atoms with Crippen LogP contribution in [0.15, 0.2) is 41.4 Å². The summed E-state index contributed by atoms with van der Waals surface area (Å²) in [6.45, 7) is 2.35. The van der Waals surface area contributed by atoms with Gasteiger partial charge in [-0.1, -0.05) is 18.5 Å². The van der Waals surface area contributed by atoms with Gasteiger partial charge in [-0.2, -0.15) is 0 Å². The first kappa shape index (κ1) is 20.3. The highest BCUT2D eigenvalue weighted by atomic mass is 35.5. The highest BCUT2D eigenvalue weighted by Gasteiger charge is 2.26. The number of aromatic nitrogens is 1. The standard InChI is InChI=1S/C19H20ClN3O4S/c1-2-19(25)23-9-7-13-11-15(4-5-16(13)23)28(26,27)10-8-18(24)22-17-6-3-14(20)12-21-17/h3-6,11-12H,2,7-10H2,1H3,(H,21,22,24). The number of amides is 2. The van der Waals surface area contributed by atoms with Crippen molar-refractivity contribution in [1.82, 2.24) is 4.98 Å². The lowest BCUT2D eigenvalue weighted by atomic mass is 10.2. The second-order valence-electron chi connectivity index (χ2n) is 6.42. The SMILES string of the molecule is CCC(=O)N1CCc2cc(S(=O)(=O)CCC(=O)Nc3ccc(Cl)cn3)ccc21. The van der Waals surface area contributed by atoms with Gasteiger partial charge >= 0.3 is 0 Å². The van der Waals surface area contributed by atoms with E-state index < -0.39 is 15.7 Å². The quantitative estimate of drug-likeness (QED) is 0.773. The lowest BCUT2D eigenvalue weighted by Crippen LogP contribution is -2.27. The third kappa shape index (κ3) is 4.51. The lowest BCUT2D eigenvalue weighted by Gasteiger charge is -2.16. The van der Waals surface area contributed by atoms with Crippen molar-refractivity contribution in [3.63, 3.8) is 0 Å². The molecule has 2 heterocycles. The van der Waals surface area contributed by atoms with E-state index >= 15 is 0 Å². The average Bonchev–Trinajstić information content (AvgIpc) is 3.11. The number of nitrogens with zero attached hydrogens (tertiary/aromatic N) is 2. The average molecular weight is 422 g/mol. The van der Waals surface area contributed by atoms with E-state index in [-0.39, 0.29) is 23.0 Å². The van der Waals surface area contributed by atoms with Crippen LogP contribution in [0.5, 0.6) is 0 Å². The second-order valence-corrected chi connectivity index (χ2v) is 8.96. The largest absolute Gasteiger partial charge is 0.312 e. The number of rotatable bonds is 6. The molecule has 1 aliphatic heterocycles. The fraction of sp³-hybridized carbons (Fsp3) is 0.316. The normalized spacial score (nSPS) is 13.3. The van der Waals surface area contributed by atoms with Gasteiger partial charge in [0, 0.05) is 31.3 Å². The maximum absolute atomic E-state index is 12.6. The first-order chi connectivity index (χ1) is 13.3. The molecule has 3 rings (SSSR count). The first-order valence-corrected chi connectivity index (χ1v) is 10.9. The molecule has 148 valence electrons. The van der Waals surface area contributed by atoms with E-state index in [1.165, 1.54) is 12.3 Å². The molecule has 1 aromatic heterocycles. The number of pyridine rings is 1. The molecule has 0 radical (unpaired) electrons. The number of fused-ring (bicyclic) bond motifs is 1. The predicted octanol–water partition coefficient (Wildman–Crippen LogP) is 2.84. The molecule has 9 heteroatoms. The van der Waals surface area contributed by atoms with Crippen molar-refractivity contribution >= 4 is 44.8 Å². The molecule has 1 aliphatic rings. The minimum absolute atomic E-state index is 0.0156. The summed E-state index contributed by atoms with van der Waals surface area (Å²) in [7, 11) is -3.63. The maximum atomic E-state index is 12.6. The van der Waals surface area contributed by atoms with Crippen molar-refractivity contribution in [2.24, 2.45) is 0 Å². The number of hydrogen-bond acceptors (Lipinski definition) is 5. The number of nitrogens with one attached hydrogen (secondary N) is 1. The first-order valence-electron chi connectivity index (χ1n) is 8.87. The molecule has 1 N–H and O–H groups in total. The van der Waals surface area contributed by atoms with Crippen molar-refractivity contribution < 1.29 is 18.0 Å². The monoisotopic (exact) mass is 421 g/mol. The van der Waals surface area contributed by atoms with Crippen LogP contribution < -0.4 is 10.2 Å². The Morgan fingerprint density at radius 1 is 1.25 bits per heavy atom. The number of carbonyl (C=O) groups excluding carboxylic acids is 2. The molecule has 28 heavy (non-hydrogen) atoms. The Hall–Kier alpha value is -2.45. The summed E-state index contributed by atoms with van der Waals surface area (Å²) >= 11 is 5.74. The van der Waals surface area contributed by atoms with E-state index in [2.05, 4.69) is 10.3 Å².